The van der Waals surface area contributed by atoms with Crippen molar-refractivity contribution in [3.05, 3.63) is 36.0 Å². The van der Waals surface area contributed by atoms with Gasteiger partial charge < -0.3 is 47.3 Å². The van der Waals surface area contributed by atoms with Gasteiger partial charge in [-0.1, -0.05) is 59.7 Å². The number of aromatic nitrogens is 1. The van der Waals surface area contributed by atoms with Crippen molar-refractivity contribution in [1.29, 1.82) is 0 Å². The third kappa shape index (κ3) is 12.3. The maximum absolute atomic E-state index is 14.0. The van der Waals surface area contributed by atoms with E-state index in [0.29, 0.717) is 5.56 Å². The minimum atomic E-state index is -1.54. The van der Waals surface area contributed by atoms with Crippen molar-refractivity contribution in [2.24, 2.45) is 17.8 Å². The van der Waals surface area contributed by atoms with Crippen molar-refractivity contribution in [2.45, 2.75) is 117 Å². The Morgan fingerprint density at radius 3 is 1.79 bits per heavy atom. The molecule has 53 heavy (non-hydrogen) atoms. The molecule has 3 rings (SSSR count). The molecule has 292 valence electrons. The average Bonchev–Trinajstić information content (AvgIpc) is 3.48. The van der Waals surface area contributed by atoms with E-state index >= 15 is 0 Å². The lowest BCUT2D eigenvalue weighted by molar-refractivity contribution is -0.136. The number of carbonyl (C=O) groups is 7. The molecule has 9 N–H and O–H groups in total. The standard InChI is InChI=1S/C37H56N8O8/c1-18(2)13-26-33(49)39-17-29(47)44-30(20(5)6)36(52)42-27(14-19(3)4)34(50)40-21(7)32(48)45-31(22(8)46)37(53)43-28(35(51)41-26)15-23-16-38-25-12-10-9-11-24(23)25/h9-12,16,18-22,26-28,30-31,38,46H,13-15,17H2,1-8H3,(H,39,49)(H,40,50)(H,41,51)(H,42,52)(H,43,53)(H,44,47)(H,45,48). The fourth-order valence-electron chi connectivity index (χ4n) is 6.04. The van der Waals surface area contributed by atoms with Gasteiger partial charge in [0.2, 0.25) is 41.4 Å². The van der Waals surface area contributed by atoms with Crippen LogP contribution in [0.4, 0.5) is 0 Å². The Bertz CT molecular complexity index is 1640. The van der Waals surface area contributed by atoms with Crippen molar-refractivity contribution < 1.29 is 38.7 Å². The van der Waals surface area contributed by atoms with Gasteiger partial charge in [0.05, 0.1) is 12.6 Å². The molecule has 0 bridgehead atoms. The van der Waals surface area contributed by atoms with Crippen LogP contribution in [0.3, 0.4) is 0 Å². The van der Waals surface area contributed by atoms with E-state index in [4.69, 9.17) is 0 Å². The van der Waals surface area contributed by atoms with E-state index < -0.39 is 96.2 Å². The number of amides is 7. The summed E-state index contributed by atoms with van der Waals surface area (Å²) in [5.41, 5.74) is 1.48. The molecule has 1 aromatic heterocycles. The number of H-pyrrole nitrogens is 1. The van der Waals surface area contributed by atoms with Crippen LogP contribution >= 0.6 is 0 Å². The molecule has 1 fully saturated rings. The van der Waals surface area contributed by atoms with Gasteiger partial charge >= 0.3 is 0 Å². The second-order valence-corrected chi connectivity index (χ2v) is 15.0. The Morgan fingerprint density at radius 1 is 0.642 bits per heavy atom. The van der Waals surface area contributed by atoms with Gasteiger partial charge in [0.15, 0.2) is 0 Å². The highest BCUT2D eigenvalue weighted by Gasteiger charge is 2.35. The highest BCUT2D eigenvalue weighted by atomic mass is 16.3. The number of carbonyl (C=O) groups excluding carboxylic acids is 7. The summed E-state index contributed by atoms with van der Waals surface area (Å²) in [5, 5.41) is 29.7. The number of fused-ring (bicyclic) bond motifs is 1. The summed E-state index contributed by atoms with van der Waals surface area (Å²) < 4.78 is 0. The molecule has 0 spiro atoms. The molecule has 0 saturated carbocycles. The molecule has 1 aromatic carbocycles. The van der Waals surface area contributed by atoms with Gasteiger partial charge in [-0.3, -0.25) is 33.6 Å². The van der Waals surface area contributed by atoms with Gasteiger partial charge in [-0.05, 0) is 56.1 Å². The number of benzene rings is 1. The second-order valence-electron chi connectivity index (χ2n) is 15.0. The van der Waals surface area contributed by atoms with Crippen LogP contribution in [0.2, 0.25) is 0 Å². The van der Waals surface area contributed by atoms with Crippen molar-refractivity contribution in [1.82, 2.24) is 42.2 Å². The zero-order chi connectivity index (χ0) is 39.6. The zero-order valence-electron chi connectivity index (χ0n) is 31.8. The summed E-state index contributed by atoms with van der Waals surface area (Å²) in [7, 11) is 0. The van der Waals surface area contributed by atoms with Crippen LogP contribution in [0.5, 0.6) is 0 Å². The lowest BCUT2D eigenvalue weighted by Gasteiger charge is -2.28. The van der Waals surface area contributed by atoms with Crippen LogP contribution in [0, 0.1) is 17.8 Å². The first kappa shape index (κ1) is 42.4. The molecule has 0 aliphatic carbocycles. The highest BCUT2D eigenvalue weighted by Crippen LogP contribution is 2.20. The molecule has 1 aliphatic rings. The maximum atomic E-state index is 14.0. The van der Waals surface area contributed by atoms with E-state index in [9.17, 15) is 38.7 Å². The topological polar surface area (TPSA) is 240 Å². The Balaban J connectivity index is 2.04. The molecule has 7 unspecified atom stereocenters. The summed E-state index contributed by atoms with van der Waals surface area (Å²) in [6, 6.07) is 0.0692. The van der Waals surface area contributed by atoms with E-state index in [1.54, 1.807) is 20.0 Å². The van der Waals surface area contributed by atoms with E-state index in [1.807, 2.05) is 52.0 Å². The summed E-state index contributed by atoms with van der Waals surface area (Å²) in [6.45, 7) is 13.0. The van der Waals surface area contributed by atoms with Crippen molar-refractivity contribution in [2.75, 3.05) is 6.54 Å². The van der Waals surface area contributed by atoms with Gasteiger partial charge in [0.1, 0.15) is 36.3 Å². The predicted octanol–water partition coefficient (Wildman–Crippen LogP) is -0.102. The van der Waals surface area contributed by atoms with Crippen LogP contribution in [0.1, 0.15) is 73.8 Å². The SMILES string of the molecule is CC(C)CC1NC(=O)C(Cc2c[nH]c3ccccc23)NC(=O)C(C(C)O)NC(=O)C(C)NC(=O)C(CC(C)C)NC(=O)C(C(C)C)NC(=O)CNC1=O. The normalized spacial score (nSPS) is 25.5. The lowest BCUT2D eigenvalue weighted by atomic mass is 9.99. The number of nitrogens with one attached hydrogen (secondary N) is 8. The molecule has 2 aromatic rings. The summed E-state index contributed by atoms with van der Waals surface area (Å²) >= 11 is 0. The van der Waals surface area contributed by atoms with E-state index in [-0.39, 0.29) is 31.1 Å². The Kier molecular flexibility index (Phi) is 15.4. The molecular weight excluding hydrogens is 684 g/mol. The average molecular weight is 741 g/mol. The molecule has 16 nitrogen and oxygen atoms in total. The number of para-hydroxylation sites is 1. The minimum absolute atomic E-state index is 0.0260. The maximum Gasteiger partial charge on any atom is 0.245 e. The quantitative estimate of drug-likeness (QED) is 0.177. The number of rotatable bonds is 8. The smallest absolute Gasteiger partial charge is 0.245 e. The molecule has 2 heterocycles. The Morgan fingerprint density at radius 2 is 1.19 bits per heavy atom. The number of aromatic amines is 1. The first-order valence-electron chi connectivity index (χ1n) is 18.2. The third-order valence-corrected chi connectivity index (χ3v) is 8.92. The molecule has 1 saturated heterocycles. The van der Waals surface area contributed by atoms with Crippen LogP contribution in [0.15, 0.2) is 30.5 Å². The van der Waals surface area contributed by atoms with Gasteiger partial charge in [-0.2, -0.15) is 0 Å². The minimum Gasteiger partial charge on any atom is -0.391 e. The Hall–Kier alpha value is -4.99. The monoisotopic (exact) mass is 740 g/mol. The first-order chi connectivity index (χ1) is 24.9. The van der Waals surface area contributed by atoms with Gasteiger partial charge in [0.25, 0.3) is 0 Å². The molecule has 16 heteroatoms. The first-order valence-corrected chi connectivity index (χ1v) is 18.2. The summed E-state index contributed by atoms with van der Waals surface area (Å²) in [4.78, 5) is 97.7. The molecule has 1 aliphatic heterocycles. The van der Waals surface area contributed by atoms with Crippen LogP contribution in [0.25, 0.3) is 10.9 Å². The van der Waals surface area contributed by atoms with Crippen molar-refractivity contribution in [3.63, 3.8) is 0 Å². The number of aliphatic hydroxyl groups is 1. The number of hydrogen-bond donors (Lipinski definition) is 9. The van der Waals surface area contributed by atoms with E-state index in [0.717, 1.165) is 10.9 Å². The van der Waals surface area contributed by atoms with Crippen LogP contribution < -0.4 is 37.2 Å². The lowest BCUT2D eigenvalue weighted by Crippen LogP contribution is -2.61. The Labute approximate surface area is 310 Å². The van der Waals surface area contributed by atoms with Crippen LogP contribution in [-0.4, -0.2) is 100 Å². The molecular formula is C37H56N8O8. The second kappa shape index (κ2) is 19.2. The summed E-state index contributed by atoms with van der Waals surface area (Å²) in [5.74, 6) is -5.59. The van der Waals surface area contributed by atoms with Crippen molar-refractivity contribution >= 4 is 52.3 Å². The number of aliphatic hydroxyl groups excluding tert-OH is 1. The van der Waals surface area contributed by atoms with E-state index in [2.05, 4.69) is 42.2 Å². The zero-order valence-corrected chi connectivity index (χ0v) is 31.8. The summed E-state index contributed by atoms with van der Waals surface area (Å²) in [6.07, 6.45) is 0.643. The van der Waals surface area contributed by atoms with Gasteiger partial charge in [-0.25, -0.2) is 0 Å². The third-order valence-electron chi connectivity index (χ3n) is 8.92. The largest absolute Gasteiger partial charge is 0.391 e. The predicted molar refractivity (Wildman–Crippen MR) is 198 cm³/mol. The van der Waals surface area contributed by atoms with Crippen LogP contribution in [-0.2, 0) is 40.0 Å². The van der Waals surface area contributed by atoms with Crippen molar-refractivity contribution in [3.8, 4) is 0 Å². The number of hydrogen-bond acceptors (Lipinski definition) is 8. The van der Waals surface area contributed by atoms with Gasteiger partial charge in [0, 0.05) is 23.5 Å². The van der Waals surface area contributed by atoms with Gasteiger partial charge in [-0.15, -0.1) is 0 Å². The molecule has 0 radical (unpaired) electrons. The molecule has 7 atom stereocenters. The fourth-order valence-corrected chi connectivity index (χ4v) is 6.04. The molecule has 7 amide bonds. The van der Waals surface area contributed by atoms with E-state index in [1.165, 1.54) is 13.8 Å². The highest BCUT2D eigenvalue weighted by molar-refractivity contribution is 5.98. The fraction of sp³-hybridized carbons (Fsp3) is 0.595.